The second kappa shape index (κ2) is 17.2. The van der Waals surface area contributed by atoms with Gasteiger partial charge in [0.25, 0.3) is 0 Å². The summed E-state index contributed by atoms with van der Waals surface area (Å²) in [4.78, 5) is 11.8. The van der Waals surface area contributed by atoms with E-state index in [1.165, 1.54) is 0 Å². The van der Waals surface area contributed by atoms with Crippen LogP contribution in [0.3, 0.4) is 0 Å². The maximum Gasteiger partial charge on any atom is 0.308 e. The number of unbranched alkanes of at least 4 members (excludes halogenated alkanes) is 1. The van der Waals surface area contributed by atoms with Crippen molar-refractivity contribution < 1.29 is 23.7 Å². The standard InChI is InChI=1S/C16H31BrO5/c1-3-5-6-15(4-2)16(18)22-14-13-21-12-11-20-10-9-19-8-7-17/h15H,3-14H2,1-2H3. The zero-order chi connectivity index (χ0) is 16.5. The summed E-state index contributed by atoms with van der Waals surface area (Å²) in [7, 11) is 0. The van der Waals surface area contributed by atoms with Crippen LogP contribution in [0.15, 0.2) is 0 Å². The van der Waals surface area contributed by atoms with E-state index in [0.29, 0.717) is 46.2 Å². The third kappa shape index (κ3) is 13.5. The quantitative estimate of drug-likeness (QED) is 0.233. The van der Waals surface area contributed by atoms with Gasteiger partial charge >= 0.3 is 5.97 Å². The molecule has 1 unspecified atom stereocenters. The summed E-state index contributed by atoms with van der Waals surface area (Å²) in [6.45, 7) is 7.78. The molecule has 0 fully saturated rings. The molecule has 0 saturated heterocycles. The highest BCUT2D eigenvalue weighted by molar-refractivity contribution is 9.09. The average Bonchev–Trinajstić information content (AvgIpc) is 2.53. The summed E-state index contributed by atoms with van der Waals surface area (Å²) in [6, 6.07) is 0. The normalized spacial score (nSPS) is 12.3. The SMILES string of the molecule is CCCCC(CC)C(=O)OCCOCCOCCOCCBr. The van der Waals surface area contributed by atoms with Crippen molar-refractivity contribution in [1.29, 1.82) is 0 Å². The van der Waals surface area contributed by atoms with Crippen LogP contribution < -0.4 is 0 Å². The molecular formula is C16H31BrO5. The molecule has 5 nitrogen and oxygen atoms in total. The fourth-order valence-corrected chi connectivity index (χ4v) is 2.08. The fraction of sp³-hybridized carbons (Fsp3) is 0.938. The number of hydrogen-bond donors (Lipinski definition) is 0. The van der Waals surface area contributed by atoms with Crippen LogP contribution >= 0.6 is 15.9 Å². The van der Waals surface area contributed by atoms with E-state index < -0.39 is 0 Å². The Labute approximate surface area is 143 Å². The average molecular weight is 383 g/mol. The highest BCUT2D eigenvalue weighted by atomic mass is 79.9. The molecule has 0 aliphatic heterocycles. The van der Waals surface area contributed by atoms with Crippen molar-refractivity contribution in [3.63, 3.8) is 0 Å². The Balaban J connectivity index is 3.35. The molecule has 0 amide bonds. The lowest BCUT2D eigenvalue weighted by molar-refractivity contribution is -0.150. The zero-order valence-electron chi connectivity index (χ0n) is 14.0. The van der Waals surface area contributed by atoms with E-state index in [0.717, 1.165) is 31.0 Å². The van der Waals surface area contributed by atoms with Crippen LogP contribution in [0.4, 0.5) is 0 Å². The first-order valence-corrected chi connectivity index (χ1v) is 9.34. The van der Waals surface area contributed by atoms with E-state index in [4.69, 9.17) is 18.9 Å². The molecule has 0 rings (SSSR count). The molecule has 0 aromatic carbocycles. The van der Waals surface area contributed by atoms with Gasteiger partial charge in [-0.1, -0.05) is 42.6 Å². The van der Waals surface area contributed by atoms with E-state index in [2.05, 4.69) is 22.9 Å². The van der Waals surface area contributed by atoms with Gasteiger partial charge < -0.3 is 18.9 Å². The molecule has 0 aliphatic carbocycles. The molecule has 0 N–H and O–H groups in total. The third-order valence-corrected chi connectivity index (χ3v) is 3.49. The van der Waals surface area contributed by atoms with Crippen LogP contribution in [0.5, 0.6) is 0 Å². The molecular weight excluding hydrogens is 352 g/mol. The minimum Gasteiger partial charge on any atom is -0.463 e. The zero-order valence-corrected chi connectivity index (χ0v) is 15.6. The number of hydrogen-bond acceptors (Lipinski definition) is 5. The number of carbonyl (C=O) groups excluding carboxylic acids is 1. The van der Waals surface area contributed by atoms with E-state index in [9.17, 15) is 4.79 Å². The largest absolute Gasteiger partial charge is 0.463 e. The topological polar surface area (TPSA) is 54.0 Å². The van der Waals surface area contributed by atoms with Crippen LogP contribution in [0.2, 0.25) is 0 Å². The molecule has 22 heavy (non-hydrogen) atoms. The van der Waals surface area contributed by atoms with Gasteiger partial charge in [-0.05, 0) is 12.8 Å². The summed E-state index contributed by atoms with van der Waals surface area (Å²) in [6.07, 6.45) is 3.93. The molecule has 0 saturated carbocycles. The molecule has 0 aromatic rings. The third-order valence-electron chi connectivity index (χ3n) is 3.17. The Kier molecular flexibility index (Phi) is 17.1. The second-order valence-electron chi connectivity index (χ2n) is 4.94. The number of esters is 1. The molecule has 0 heterocycles. The van der Waals surface area contributed by atoms with Crippen molar-refractivity contribution in [2.45, 2.75) is 39.5 Å². The van der Waals surface area contributed by atoms with Gasteiger partial charge in [0.05, 0.1) is 45.6 Å². The van der Waals surface area contributed by atoms with Crippen LogP contribution in [0, 0.1) is 5.92 Å². The fourth-order valence-electron chi connectivity index (χ4n) is 1.85. The number of ether oxygens (including phenoxy) is 4. The summed E-state index contributed by atoms with van der Waals surface area (Å²) in [5.41, 5.74) is 0. The minimum absolute atomic E-state index is 0.0304. The second-order valence-corrected chi connectivity index (χ2v) is 5.73. The minimum atomic E-state index is -0.0975. The molecule has 0 aliphatic rings. The first kappa shape index (κ1) is 21.8. The maximum absolute atomic E-state index is 11.8. The van der Waals surface area contributed by atoms with Gasteiger partial charge in [0, 0.05) is 5.33 Å². The van der Waals surface area contributed by atoms with Crippen molar-refractivity contribution >= 4 is 21.9 Å². The van der Waals surface area contributed by atoms with Crippen molar-refractivity contribution in [3.05, 3.63) is 0 Å². The molecule has 6 heteroatoms. The molecule has 132 valence electrons. The summed E-state index contributed by atoms with van der Waals surface area (Å²) in [5, 5.41) is 0.839. The number of rotatable bonds is 16. The van der Waals surface area contributed by atoms with Gasteiger partial charge in [-0.25, -0.2) is 0 Å². The Morgan fingerprint density at radius 3 is 1.95 bits per heavy atom. The van der Waals surface area contributed by atoms with Gasteiger partial charge in [0.1, 0.15) is 6.61 Å². The van der Waals surface area contributed by atoms with Crippen LogP contribution in [0.25, 0.3) is 0 Å². The van der Waals surface area contributed by atoms with Crippen LogP contribution in [0.1, 0.15) is 39.5 Å². The molecule has 0 bridgehead atoms. The van der Waals surface area contributed by atoms with E-state index >= 15 is 0 Å². The Morgan fingerprint density at radius 2 is 1.45 bits per heavy atom. The first-order valence-electron chi connectivity index (χ1n) is 8.22. The van der Waals surface area contributed by atoms with E-state index in [1.54, 1.807) is 0 Å². The molecule has 0 spiro atoms. The summed E-state index contributed by atoms with van der Waals surface area (Å²) < 4.78 is 21.2. The lowest BCUT2D eigenvalue weighted by Crippen LogP contribution is -2.20. The van der Waals surface area contributed by atoms with Crippen molar-refractivity contribution in [3.8, 4) is 0 Å². The summed E-state index contributed by atoms with van der Waals surface area (Å²) in [5.74, 6) is -0.0671. The number of carbonyl (C=O) groups is 1. The molecule has 1 atom stereocenters. The number of halogens is 1. The van der Waals surface area contributed by atoms with E-state index in [-0.39, 0.29) is 11.9 Å². The van der Waals surface area contributed by atoms with Crippen molar-refractivity contribution in [2.24, 2.45) is 5.92 Å². The van der Waals surface area contributed by atoms with Crippen LogP contribution in [-0.4, -0.2) is 57.5 Å². The van der Waals surface area contributed by atoms with Gasteiger partial charge in [-0.15, -0.1) is 0 Å². The predicted molar refractivity (Wildman–Crippen MR) is 90.5 cm³/mol. The smallest absolute Gasteiger partial charge is 0.308 e. The lowest BCUT2D eigenvalue weighted by atomic mass is 10.00. The monoisotopic (exact) mass is 382 g/mol. The Hall–Kier alpha value is -0.170. The molecule has 0 radical (unpaired) electrons. The first-order chi connectivity index (χ1) is 10.8. The highest BCUT2D eigenvalue weighted by Gasteiger charge is 2.16. The number of alkyl halides is 1. The van der Waals surface area contributed by atoms with Crippen LogP contribution in [-0.2, 0) is 23.7 Å². The Morgan fingerprint density at radius 1 is 0.909 bits per heavy atom. The van der Waals surface area contributed by atoms with Gasteiger partial charge in [0.15, 0.2) is 0 Å². The van der Waals surface area contributed by atoms with Gasteiger partial charge in [0.2, 0.25) is 0 Å². The lowest BCUT2D eigenvalue weighted by Gasteiger charge is -2.13. The van der Waals surface area contributed by atoms with Crippen molar-refractivity contribution in [1.82, 2.24) is 0 Å². The summed E-state index contributed by atoms with van der Waals surface area (Å²) >= 11 is 3.28. The highest BCUT2D eigenvalue weighted by Crippen LogP contribution is 2.14. The molecule has 0 aromatic heterocycles. The Bertz CT molecular complexity index is 251. The maximum atomic E-state index is 11.8. The van der Waals surface area contributed by atoms with E-state index in [1.807, 2.05) is 6.92 Å². The van der Waals surface area contributed by atoms with Crippen molar-refractivity contribution in [2.75, 3.05) is 51.6 Å². The van der Waals surface area contributed by atoms with Gasteiger partial charge in [-0.2, -0.15) is 0 Å². The van der Waals surface area contributed by atoms with Gasteiger partial charge in [-0.3, -0.25) is 4.79 Å². The predicted octanol–water partition coefficient (Wildman–Crippen LogP) is 3.19.